The summed E-state index contributed by atoms with van der Waals surface area (Å²) in [4.78, 5) is 14.8. The van der Waals surface area contributed by atoms with Crippen molar-refractivity contribution < 1.29 is 37.6 Å². The van der Waals surface area contributed by atoms with Gasteiger partial charge in [-0.05, 0) is 0 Å². The predicted molar refractivity (Wildman–Crippen MR) is 240 cm³/mol. The van der Waals surface area contributed by atoms with Crippen LogP contribution in [-0.2, 0) is 34.7 Å². The van der Waals surface area contributed by atoms with E-state index in [4.69, 9.17) is 28.1 Å². The molecule has 1 unspecified atom stereocenters. The molecule has 0 aromatic heterocycles. The number of rotatable bonds is 11. The summed E-state index contributed by atoms with van der Waals surface area (Å²) in [5, 5.41) is -0.0624. The molecule has 0 bridgehead atoms. The molecular weight excluding hydrogens is 867 g/mol. The first-order chi connectivity index (χ1) is 29.1. The molecule has 2 saturated heterocycles. The van der Waals surface area contributed by atoms with Crippen molar-refractivity contribution in [3.05, 3.63) is 192 Å². The summed E-state index contributed by atoms with van der Waals surface area (Å²) in [6, 6.07) is 53.8. The second kappa shape index (κ2) is 16.7. The van der Waals surface area contributed by atoms with Crippen molar-refractivity contribution >= 4 is 40.2 Å². The standard InChI is InChI=1S/C50H51O8PSeSi/c1-46(2,3)61(6,7)56-40-33-34-42(43(35-40)60-41-31-21-12-22-32-41)53-50(59(51)52)57-48(36-23-13-8-14-24-36,37-25-15-9-16-26-37)44-45(55-47(4,5)54-44)49(58-50,38-27-17-10-18-28-38)39-29-19-11-20-30-39/h8-35,44-45H,1-7H3/t44-,45-/m1/s1. The predicted octanol–water partition coefficient (Wildman–Crippen LogP) is 9.27. The van der Waals surface area contributed by atoms with Crippen LogP contribution in [-0.4, -0.2) is 47.0 Å². The third-order valence-electron chi connectivity index (χ3n) is 11.8. The van der Waals surface area contributed by atoms with Gasteiger partial charge in [-0.2, -0.15) is 0 Å². The van der Waals surface area contributed by atoms with Gasteiger partial charge in [-0.15, -0.1) is 0 Å². The van der Waals surface area contributed by atoms with E-state index in [1.807, 2.05) is 166 Å². The summed E-state index contributed by atoms with van der Waals surface area (Å²) in [5.74, 6) is -0.221. The van der Waals surface area contributed by atoms with Crippen LogP contribution in [0.25, 0.3) is 0 Å². The maximum absolute atomic E-state index is 14.8. The van der Waals surface area contributed by atoms with E-state index >= 15 is 0 Å². The van der Waals surface area contributed by atoms with Gasteiger partial charge in [0.2, 0.25) is 0 Å². The first kappa shape index (κ1) is 43.2. The van der Waals surface area contributed by atoms with Crippen molar-refractivity contribution in [2.24, 2.45) is 0 Å². The molecule has 8 nitrogen and oxygen atoms in total. The number of hydrogen-bond acceptors (Lipinski definition) is 8. The summed E-state index contributed by atoms with van der Waals surface area (Å²) < 4.78 is 59.5. The Labute approximate surface area is 367 Å². The zero-order valence-electron chi connectivity index (χ0n) is 35.4. The molecule has 0 saturated carbocycles. The van der Waals surface area contributed by atoms with Crippen LogP contribution in [0.15, 0.2) is 170 Å². The average Bonchev–Trinajstić information content (AvgIpc) is 3.54. The van der Waals surface area contributed by atoms with Gasteiger partial charge in [0.05, 0.1) is 0 Å². The molecule has 0 N–H and O–H groups in total. The van der Waals surface area contributed by atoms with Crippen molar-refractivity contribution in [2.45, 2.75) is 87.7 Å². The third kappa shape index (κ3) is 8.18. The molecule has 3 atom stereocenters. The van der Waals surface area contributed by atoms with Crippen molar-refractivity contribution in [1.82, 2.24) is 0 Å². The van der Waals surface area contributed by atoms with E-state index in [0.29, 0.717) is 28.0 Å². The van der Waals surface area contributed by atoms with E-state index in [2.05, 4.69) is 46.0 Å². The monoisotopic (exact) mass is 918 g/mol. The minimum atomic E-state index is -3.78. The molecule has 314 valence electrons. The topological polar surface area (TPSA) is 95.5 Å². The molecule has 2 aliphatic heterocycles. The molecule has 2 aliphatic rings. The van der Waals surface area contributed by atoms with E-state index in [9.17, 15) is 9.46 Å². The molecule has 6 aromatic carbocycles. The molecule has 0 spiro atoms. The fourth-order valence-electron chi connectivity index (χ4n) is 7.94. The molecule has 0 amide bonds. The van der Waals surface area contributed by atoms with Gasteiger partial charge in [0, 0.05) is 0 Å². The van der Waals surface area contributed by atoms with Crippen LogP contribution in [0.3, 0.4) is 0 Å². The molecule has 61 heavy (non-hydrogen) atoms. The summed E-state index contributed by atoms with van der Waals surface area (Å²) in [5.41, 5.74) is -3.72. The molecular formula is C50H51O8PSeSi. The second-order valence-corrected chi connectivity index (χ2v) is 25.5. The van der Waals surface area contributed by atoms with Crippen molar-refractivity contribution in [2.75, 3.05) is 0 Å². The first-order valence-corrected chi connectivity index (χ1v) is 26.3. The summed E-state index contributed by atoms with van der Waals surface area (Å²) in [6.45, 7) is 14.7. The van der Waals surface area contributed by atoms with Crippen LogP contribution in [0.4, 0.5) is 0 Å². The summed E-state index contributed by atoms with van der Waals surface area (Å²) in [7, 11) is -6.06. The minimum absolute atomic E-state index is 0.0624. The quantitative estimate of drug-likeness (QED) is 0.0939. The second-order valence-electron chi connectivity index (χ2n) is 17.4. The molecule has 6 aromatic rings. The van der Waals surface area contributed by atoms with Crippen LogP contribution in [0.5, 0.6) is 11.5 Å². The SMILES string of the molecule is CC1(C)O[C@@H]2[C@@H](O1)C(c1ccccc1)(c1ccccc1)OC(Oc1ccc(O[Si](C)(C)C(C)(C)C)cc1[Se]c1ccccc1)([P+](=O)[O-])OC2(c1ccccc1)c1ccccc1. The number of fused-ring (bicyclic) bond motifs is 1. The van der Waals surface area contributed by atoms with Gasteiger partial charge in [0.25, 0.3) is 0 Å². The Morgan fingerprint density at radius 3 is 1.39 bits per heavy atom. The van der Waals surface area contributed by atoms with Gasteiger partial charge in [-0.1, -0.05) is 0 Å². The number of benzene rings is 6. The van der Waals surface area contributed by atoms with Crippen molar-refractivity contribution in [3.8, 4) is 11.5 Å². The van der Waals surface area contributed by atoms with E-state index in [1.165, 1.54) is 0 Å². The summed E-state index contributed by atoms with van der Waals surface area (Å²) >= 11 is -0.373. The van der Waals surface area contributed by atoms with Crippen LogP contribution in [0, 0.1) is 0 Å². The number of hydrogen-bond donors (Lipinski definition) is 0. The average molecular weight is 918 g/mol. The van der Waals surface area contributed by atoms with Gasteiger partial charge in [0.1, 0.15) is 0 Å². The van der Waals surface area contributed by atoms with Gasteiger partial charge in [0.15, 0.2) is 0 Å². The molecule has 11 heteroatoms. The van der Waals surface area contributed by atoms with Crippen LogP contribution in [0.1, 0.15) is 56.9 Å². The molecule has 8 rings (SSSR count). The fourth-order valence-corrected chi connectivity index (χ4v) is 11.5. The van der Waals surface area contributed by atoms with Crippen LogP contribution in [0.2, 0.25) is 18.1 Å². The first-order valence-electron chi connectivity index (χ1n) is 20.5. The van der Waals surface area contributed by atoms with E-state index < -0.39 is 51.3 Å². The van der Waals surface area contributed by atoms with Crippen molar-refractivity contribution in [3.63, 3.8) is 0 Å². The van der Waals surface area contributed by atoms with Crippen LogP contribution < -0.4 is 23.0 Å². The van der Waals surface area contributed by atoms with Gasteiger partial charge in [-0.3, -0.25) is 0 Å². The zero-order chi connectivity index (χ0) is 43.1. The van der Waals surface area contributed by atoms with Gasteiger partial charge in [-0.25, -0.2) is 0 Å². The molecule has 0 radical (unpaired) electrons. The van der Waals surface area contributed by atoms with E-state index in [1.54, 1.807) is 6.07 Å². The van der Waals surface area contributed by atoms with Gasteiger partial charge < -0.3 is 0 Å². The van der Waals surface area contributed by atoms with E-state index in [-0.39, 0.29) is 25.7 Å². The Morgan fingerprint density at radius 2 is 1.02 bits per heavy atom. The third-order valence-corrected chi connectivity index (χ3v) is 19.1. The number of ether oxygens (including phenoxy) is 5. The Bertz CT molecular complexity index is 2270. The Kier molecular flexibility index (Phi) is 11.8. The normalized spacial score (nSPS) is 20.5. The Morgan fingerprint density at radius 1 is 0.623 bits per heavy atom. The maximum atomic E-state index is 14.8. The van der Waals surface area contributed by atoms with Crippen LogP contribution >= 0.6 is 8.03 Å². The zero-order valence-corrected chi connectivity index (χ0v) is 39.0. The molecule has 2 fully saturated rings. The fraction of sp³-hybridized carbons (Fsp3) is 0.280. The van der Waals surface area contributed by atoms with Crippen molar-refractivity contribution in [1.29, 1.82) is 0 Å². The Hall–Kier alpha value is -4.44. The van der Waals surface area contributed by atoms with Gasteiger partial charge >= 0.3 is 369 Å². The van der Waals surface area contributed by atoms with E-state index in [0.717, 1.165) is 8.92 Å². The molecule has 2 heterocycles. The molecule has 0 aliphatic carbocycles. The Balaban J connectivity index is 1.44. The summed E-state index contributed by atoms with van der Waals surface area (Å²) in [6.07, 6.45) is -2.02.